The number of hydrogen-bond donors (Lipinski definition) is 0. The van der Waals surface area contributed by atoms with Gasteiger partial charge in [0.05, 0.1) is 10.8 Å². The molecule has 3 nitrogen and oxygen atoms in total. The number of para-hydroxylation sites is 3. The predicted octanol–water partition coefficient (Wildman–Crippen LogP) is 33.0. The Bertz CT molecular complexity index is 6030. The zero-order valence-electron chi connectivity index (χ0n) is 70.3. The van der Waals surface area contributed by atoms with Crippen LogP contribution in [-0.4, -0.2) is 0 Å². The van der Waals surface area contributed by atoms with Gasteiger partial charge >= 0.3 is 0 Å². The number of rotatable bonds is 31. The highest BCUT2D eigenvalue weighted by atomic mass is 16.3. The molecule has 0 radical (unpaired) electrons. The summed E-state index contributed by atoms with van der Waals surface area (Å²) in [4.78, 5) is 2.72. The van der Waals surface area contributed by atoms with Gasteiger partial charge in [-0.25, -0.2) is 0 Å². The summed E-state index contributed by atoms with van der Waals surface area (Å²) >= 11 is 0. The van der Waals surface area contributed by atoms with Gasteiger partial charge in [0.2, 0.25) is 0 Å². The van der Waals surface area contributed by atoms with Crippen LogP contribution in [0.25, 0.3) is 88.4 Å². The third-order valence-electron chi connectivity index (χ3n) is 28.3. The summed E-state index contributed by atoms with van der Waals surface area (Å²) in [6, 6.07) is 109. The standard InChI is InChI=1S/C114H115NO2/c1-8-12-16-20-44-70-111(71-45-21-17-13-9-2)91-59-39-36-56-85(91)104-105-88-58-38-43-63-100(88)117-109(105)106-86-67-65-82(74-94(86)112(108(106)107(104)111,72-46-22-18-14-10-3)73-47-23-19-15-11-4)115(98-61-41-40-60-92(98)110(5,6)7)83-64-66-84-89-76-97-90(77-96(89)114(95(84)75-83,80-52-32-26-33-53-80)81-54-34-27-35-55-81)102-93(68-69-101-103(102)87-57-37-42-62-99(87)116-101)113(97,78-48-28-24-29-49-78)79-50-30-25-31-51-79/h24-43,48-69,74-77H,8-23,44-47,70-73H2,1-7H3. The van der Waals surface area contributed by atoms with E-state index in [9.17, 15) is 0 Å². The van der Waals surface area contributed by atoms with E-state index in [1.807, 2.05) is 0 Å². The smallest absolute Gasteiger partial charge is 0.144 e. The molecule has 0 bridgehead atoms. The van der Waals surface area contributed by atoms with Crippen LogP contribution in [0.5, 0.6) is 0 Å². The van der Waals surface area contributed by atoms with E-state index in [4.69, 9.17) is 8.83 Å². The Kier molecular flexibility index (Phi) is 20.6. The molecular formula is C114H115NO2. The molecule has 19 rings (SSSR count). The first kappa shape index (κ1) is 76.2. The summed E-state index contributed by atoms with van der Waals surface area (Å²) in [5.41, 5.74) is 33.6. The number of unbranched alkanes of at least 4 members (excludes halogenated alkanes) is 16. The molecular weight excluding hydrogens is 1420 g/mol. The van der Waals surface area contributed by atoms with Crippen molar-refractivity contribution >= 4 is 60.9 Å². The highest BCUT2D eigenvalue weighted by Gasteiger charge is 2.56. The minimum atomic E-state index is -0.788. The molecule has 4 aliphatic carbocycles. The van der Waals surface area contributed by atoms with Crippen LogP contribution in [0.3, 0.4) is 0 Å². The second-order valence-corrected chi connectivity index (χ2v) is 36.1. The van der Waals surface area contributed by atoms with Gasteiger partial charge in [-0.05, 0) is 203 Å². The van der Waals surface area contributed by atoms with E-state index in [1.165, 1.54) is 251 Å². The lowest BCUT2D eigenvalue weighted by Crippen LogP contribution is -2.33. The normalized spacial score (nSPS) is 14.7. The minimum Gasteiger partial charge on any atom is -0.456 e. The number of hydrogen-bond acceptors (Lipinski definition) is 3. The van der Waals surface area contributed by atoms with Gasteiger partial charge in [-0.1, -0.05) is 395 Å². The van der Waals surface area contributed by atoms with Gasteiger partial charge in [-0.15, -0.1) is 0 Å². The van der Waals surface area contributed by atoms with Crippen molar-refractivity contribution in [3.63, 3.8) is 0 Å². The molecule has 0 fully saturated rings. The number of nitrogens with zero attached hydrogens (tertiary/aromatic N) is 1. The van der Waals surface area contributed by atoms with Gasteiger partial charge in [0, 0.05) is 55.0 Å². The monoisotopic (exact) mass is 1530 g/mol. The van der Waals surface area contributed by atoms with Crippen LogP contribution in [0.2, 0.25) is 0 Å². The van der Waals surface area contributed by atoms with Crippen molar-refractivity contribution in [2.45, 2.75) is 230 Å². The maximum Gasteiger partial charge on any atom is 0.144 e. The predicted molar refractivity (Wildman–Crippen MR) is 495 cm³/mol. The lowest BCUT2D eigenvalue weighted by Gasteiger charge is -2.40. The Morgan fingerprint density at radius 2 is 0.692 bits per heavy atom. The fourth-order valence-electron chi connectivity index (χ4n) is 23.2. The molecule has 15 aromatic rings. The van der Waals surface area contributed by atoms with E-state index >= 15 is 0 Å². The second-order valence-electron chi connectivity index (χ2n) is 36.1. The van der Waals surface area contributed by atoms with Crippen LogP contribution in [-0.2, 0) is 27.1 Å². The Morgan fingerprint density at radius 1 is 0.282 bits per heavy atom. The van der Waals surface area contributed by atoms with Crippen molar-refractivity contribution in [2.75, 3.05) is 4.90 Å². The molecule has 117 heavy (non-hydrogen) atoms. The van der Waals surface area contributed by atoms with Crippen molar-refractivity contribution in [1.29, 1.82) is 0 Å². The average Bonchev–Trinajstić information content (AvgIpc) is 1.50. The molecule has 0 saturated carbocycles. The van der Waals surface area contributed by atoms with E-state index in [2.05, 4.69) is 332 Å². The molecule has 0 atom stereocenters. The largest absolute Gasteiger partial charge is 0.456 e. The zero-order valence-corrected chi connectivity index (χ0v) is 70.3. The SMILES string of the molecule is CCCCCCCC1(CCCCCCC)c2cc(N(c3ccc4c(c3)C(c3ccccc3)(c3ccccc3)c3cc5c(cc3-4)C(c3ccccc3)(c3ccccc3)c3ccc4oc6ccccc6c4c3-5)c3ccccc3C(C)(C)C)ccc2-c2c1c1c(c3c2oc2ccccc23)-c2ccccc2C1(CCCCCCC)CCCCCCC. The molecule has 2 aromatic heterocycles. The van der Waals surface area contributed by atoms with Gasteiger partial charge < -0.3 is 13.7 Å². The minimum absolute atomic E-state index is 0.181. The van der Waals surface area contributed by atoms with E-state index < -0.39 is 10.8 Å². The molecule has 0 aliphatic heterocycles. The maximum absolute atomic E-state index is 7.77. The number of furan rings is 2. The Labute approximate surface area is 695 Å². The lowest BCUT2D eigenvalue weighted by atomic mass is 9.62. The first-order valence-electron chi connectivity index (χ1n) is 45.2. The van der Waals surface area contributed by atoms with E-state index in [-0.39, 0.29) is 16.2 Å². The molecule has 0 saturated heterocycles. The molecule has 3 heteroatoms. The Balaban J connectivity index is 0.897. The van der Waals surface area contributed by atoms with E-state index in [0.29, 0.717) is 0 Å². The van der Waals surface area contributed by atoms with Crippen molar-refractivity contribution in [1.82, 2.24) is 0 Å². The van der Waals surface area contributed by atoms with Crippen LogP contribution in [0.4, 0.5) is 17.1 Å². The maximum atomic E-state index is 7.77. The van der Waals surface area contributed by atoms with Crippen molar-refractivity contribution in [3.8, 4) is 44.5 Å². The van der Waals surface area contributed by atoms with Gasteiger partial charge in [-0.3, -0.25) is 0 Å². The highest BCUT2D eigenvalue weighted by molar-refractivity contribution is 6.21. The summed E-state index contributed by atoms with van der Waals surface area (Å²) in [5, 5.41) is 4.86. The molecule has 0 amide bonds. The van der Waals surface area contributed by atoms with Gasteiger partial charge in [-0.2, -0.15) is 0 Å². The van der Waals surface area contributed by atoms with Crippen molar-refractivity contribution in [3.05, 3.63) is 351 Å². The Hall–Kier alpha value is -10.7. The number of anilines is 3. The highest BCUT2D eigenvalue weighted by Crippen LogP contribution is 2.70. The first-order chi connectivity index (χ1) is 57.5. The molecule has 0 N–H and O–H groups in total. The topological polar surface area (TPSA) is 29.5 Å². The summed E-state index contributed by atoms with van der Waals surface area (Å²) in [5.74, 6) is 0. The molecule has 4 aliphatic rings. The van der Waals surface area contributed by atoms with E-state index in [0.717, 1.165) is 64.5 Å². The summed E-state index contributed by atoms with van der Waals surface area (Å²) < 4.78 is 14.7. The number of fused-ring (bicyclic) bond motifs is 22. The summed E-state index contributed by atoms with van der Waals surface area (Å²) in [6.07, 6.45) is 29.3. The Morgan fingerprint density at radius 3 is 1.24 bits per heavy atom. The first-order valence-corrected chi connectivity index (χ1v) is 45.2. The average molecular weight is 1530 g/mol. The quantitative estimate of drug-likeness (QED) is 0.0406. The summed E-state index contributed by atoms with van der Waals surface area (Å²) in [7, 11) is 0. The third-order valence-corrected chi connectivity index (χ3v) is 28.3. The summed E-state index contributed by atoms with van der Waals surface area (Å²) in [6.45, 7) is 16.8. The number of benzene rings is 13. The lowest BCUT2D eigenvalue weighted by molar-refractivity contribution is 0.369. The van der Waals surface area contributed by atoms with Crippen LogP contribution in [0, 0.1) is 0 Å². The van der Waals surface area contributed by atoms with Crippen LogP contribution < -0.4 is 4.90 Å². The second kappa shape index (κ2) is 31.6. The molecule has 0 spiro atoms. The molecule has 2 heterocycles. The van der Waals surface area contributed by atoms with Crippen LogP contribution in [0.15, 0.2) is 288 Å². The zero-order chi connectivity index (χ0) is 79.5. The molecule has 588 valence electrons. The van der Waals surface area contributed by atoms with Crippen molar-refractivity contribution < 1.29 is 8.83 Å². The van der Waals surface area contributed by atoms with Crippen LogP contribution in [0.1, 0.15) is 275 Å². The molecule has 0 unspecified atom stereocenters. The van der Waals surface area contributed by atoms with Crippen LogP contribution >= 0.6 is 0 Å². The van der Waals surface area contributed by atoms with Gasteiger partial charge in [0.25, 0.3) is 0 Å². The van der Waals surface area contributed by atoms with Gasteiger partial charge in [0.1, 0.15) is 22.3 Å². The van der Waals surface area contributed by atoms with E-state index in [1.54, 1.807) is 16.7 Å². The van der Waals surface area contributed by atoms with Crippen molar-refractivity contribution in [2.24, 2.45) is 0 Å². The third kappa shape index (κ3) is 12.3. The fraction of sp³-hybridized carbons (Fsp3) is 0.316. The van der Waals surface area contributed by atoms with Gasteiger partial charge in [0.15, 0.2) is 0 Å². The molecule has 13 aromatic carbocycles. The fourth-order valence-corrected chi connectivity index (χ4v) is 23.2.